The molecule has 0 aliphatic carbocycles. The molecule has 0 fully saturated rings. The summed E-state index contributed by atoms with van der Waals surface area (Å²) in [6.07, 6.45) is 0. The molecule has 0 spiro atoms. The van der Waals surface area contributed by atoms with E-state index >= 15 is 0 Å². The predicted octanol–water partition coefficient (Wildman–Crippen LogP) is 5.92. The first-order valence-electron chi connectivity index (χ1n) is 7.86. The van der Waals surface area contributed by atoms with Gasteiger partial charge >= 0.3 is 0 Å². The zero-order valence-corrected chi connectivity index (χ0v) is 13.2. The Morgan fingerprint density at radius 3 is 1.61 bits per heavy atom. The van der Waals surface area contributed by atoms with Crippen molar-refractivity contribution in [2.75, 3.05) is 0 Å². The highest BCUT2D eigenvalue weighted by molar-refractivity contribution is 5.89. The van der Waals surface area contributed by atoms with Crippen molar-refractivity contribution in [2.45, 2.75) is 12.8 Å². The highest BCUT2D eigenvalue weighted by Crippen LogP contribution is 2.36. The first-order chi connectivity index (χ1) is 11.3. The lowest BCUT2D eigenvalue weighted by Crippen LogP contribution is -2.01. The highest BCUT2D eigenvalue weighted by atomic mass is 16.3. The first-order valence-corrected chi connectivity index (χ1v) is 7.86. The van der Waals surface area contributed by atoms with E-state index in [9.17, 15) is 5.11 Å². The summed E-state index contributed by atoms with van der Waals surface area (Å²) in [6.45, 7) is 2.14. The van der Waals surface area contributed by atoms with Crippen LogP contribution in [0, 0.1) is 0 Å². The summed E-state index contributed by atoms with van der Waals surface area (Å²) in [5, 5.41) is 10.9. The van der Waals surface area contributed by atoms with E-state index < -0.39 is 0 Å². The molecule has 1 unspecified atom stereocenters. The Bertz CT molecular complexity index is 774. The normalized spacial score (nSPS) is 13.3. The van der Waals surface area contributed by atoms with Gasteiger partial charge in [-0.2, -0.15) is 0 Å². The van der Waals surface area contributed by atoms with Crippen LogP contribution < -0.4 is 0 Å². The molecule has 1 heteroatoms. The van der Waals surface area contributed by atoms with Gasteiger partial charge in [0.2, 0.25) is 0 Å². The van der Waals surface area contributed by atoms with E-state index in [1.807, 2.05) is 78.9 Å². The quantitative estimate of drug-likeness (QED) is 0.468. The van der Waals surface area contributed by atoms with Crippen LogP contribution in [0.1, 0.15) is 29.5 Å². The van der Waals surface area contributed by atoms with Crippen LogP contribution in [0.2, 0.25) is 0 Å². The van der Waals surface area contributed by atoms with Gasteiger partial charge in [0.05, 0.1) is 0 Å². The summed E-state index contributed by atoms with van der Waals surface area (Å²) in [7, 11) is 0. The average Bonchev–Trinajstić information content (AvgIpc) is 2.64. The molecule has 1 N–H and O–H groups in total. The second kappa shape index (κ2) is 6.97. The van der Waals surface area contributed by atoms with Crippen LogP contribution in [-0.2, 0) is 0 Å². The third-order valence-electron chi connectivity index (χ3n) is 4.12. The molecule has 0 aliphatic rings. The summed E-state index contributed by atoms with van der Waals surface area (Å²) < 4.78 is 0. The van der Waals surface area contributed by atoms with Gasteiger partial charge in [0.1, 0.15) is 5.76 Å². The summed E-state index contributed by atoms with van der Waals surface area (Å²) in [6, 6.07) is 30.1. The maximum Gasteiger partial charge on any atom is 0.127 e. The molecule has 3 rings (SSSR count). The minimum Gasteiger partial charge on any atom is -0.507 e. The van der Waals surface area contributed by atoms with Crippen molar-refractivity contribution in [1.29, 1.82) is 0 Å². The number of hydrogen-bond donors (Lipinski definition) is 1. The molecule has 0 heterocycles. The van der Waals surface area contributed by atoms with Gasteiger partial charge in [-0.1, -0.05) is 97.9 Å². The van der Waals surface area contributed by atoms with Gasteiger partial charge in [-0.3, -0.25) is 0 Å². The van der Waals surface area contributed by atoms with Gasteiger partial charge in [0.15, 0.2) is 0 Å². The fraction of sp³-hybridized carbons (Fsp3) is 0.0909. The Kier molecular flexibility index (Phi) is 4.58. The molecule has 0 radical (unpaired) electrons. The van der Waals surface area contributed by atoms with Gasteiger partial charge in [-0.25, -0.2) is 0 Å². The van der Waals surface area contributed by atoms with Crippen LogP contribution in [-0.4, -0.2) is 5.11 Å². The molecule has 0 saturated heterocycles. The van der Waals surface area contributed by atoms with Crippen LogP contribution >= 0.6 is 0 Å². The zero-order chi connectivity index (χ0) is 16.1. The third-order valence-corrected chi connectivity index (χ3v) is 4.12. The van der Waals surface area contributed by atoms with E-state index in [1.165, 1.54) is 5.56 Å². The molecular formula is C22H20O. The predicted molar refractivity (Wildman–Crippen MR) is 97.2 cm³/mol. The number of aliphatic hydroxyl groups is 1. The van der Waals surface area contributed by atoms with Gasteiger partial charge < -0.3 is 5.11 Å². The summed E-state index contributed by atoms with van der Waals surface area (Å²) in [5.74, 6) is 0.437. The van der Waals surface area contributed by atoms with E-state index in [2.05, 4.69) is 19.1 Å². The minimum atomic E-state index is 0.0961. The molecule has 114 valence electrons. The molecule has 0 amide bonds. The molecule has 0 bridgehead atoms. The van der Waals surface area contributed by atoms with E-state index in [0.717, 1.165) is 16.7 Å². The van der Waals surface area contributed by atoms with Gasteiger partial charge in [0, 0.05) is 17.1 Å². The summed E-state index contributed by atoms with van der Waals surface area (Å²) in [4.78, 5) is 0. The lowest BCUT2D eigenvalue weighted by molar-refractivity contribution is 0.511. The van der Waals surface area contributed by atoms with Crippen molar-refractivity contribution in [3.63, 3.8) is 0 Å². The molecule has 3 aromatic carbocycles. The topological polar surface area (TPSA) is 20.2 Å². The largest absolute Gasteiger partial charge is 0.507 e. The zero-order valence-electron chi connectivity index (χ0n) is 13.2. The van der Waals surface area contributed by atoms with Gasteiger partial charge in [-0.15, -0.1) is 0 Å². The van der Waals surface area contributed by atoms with Crippen molar-refractivity contribution < 1.29 is 5.11 Å². The number of aliphatic hydroxyl groups excluding tert-OH is 1. The van der Waals surface area contributed by atoms with Crippen molar-refractivity contribution >= 4 is 11.3 Å². The SMILES string of the molecule is CC(C(=C(O)c1ccccc1)c1ccccc1)c1ccccc1. The molecular weight excluding hydrogens is 280 g/mol. The van der Waals surface area contributed by atoms with Crippen LogP contribution in [0.25, 0.3) is 11.3 Å². The number of benzene rings is 3. The molecule has 3 aromatic rings. The number of rotatable bonds is 4. The van der Waals surface area contributed by atoms with Crippen LogP contribution in [0.15, 0.2) is 91.0 Å². The number of hydrogen-bond acceptors (Lipinski definition) is 1. The monoisotopic (exact) mass is 300 g/mol. The first kappa shape index (κ1) is 15.1. The fourth-order valence-electron chi connectivity index (χ4n) is 2.87. The summed E-state index contributed by atoms with van der Waals surface area (Å²) in [5.41, 5.74) is 4.02. The van der Waals surface area contributed by atoms with Crippen molar-refractivity contribution in [3.8, 4) is 0 Å². The third kappa shape index (κ3) is 3.35. The molecule has 1 atom stereocenters. The number of allylic oxidation sites excluding steroid dienone is 1. The standard InChI is InChI=1S/C22H20O/c1-17(18-11-5-2-6-12-18)21(19-13-7-3-8-14-19)22(23)20-15-9-4-10-16-20/h2-17,23H,1H3. The Morgan fingerprint density at radius 1 is 0.652 bits per heavy atom. The van der Waals surface area contributed by atoms with Crippen LogP contribution in [0.5, 0.6) is 0 Å². The lowest BCUT2D eigenvalue weighted by Gasteiger charge is -2.19. The molecule has 1 nitrogen and oxygen atoms in total. The molecule has 0 saturated carbocycles. The van der Waals surface area contributed by atoms with E-state index in [1.54, 1.807) is 0 Å². The van der Waals surface area contributed by atoms with Crippen molar-refractivity contribution in [2.24, 2.45) is 0 Å². The molecule has 0 aromatic heterocycles. The smallest absolute Gasteiger partial charge is 0.127 e. The van der Waals surface area contributed by atoms with Crippen molar-refractivity contribution in [1.82, 2.24) is 0 Å². The fourth-order valence-corrected chi connectivity index (χ4v) is 2.87. The average molecular weight is 300 g/mol. The maximum absolute atomic E-state index is 10.9. The van der Waals surface area contributed by atoms with E-state index in [4.69, 9.17) is 0 Å². The Hall–Kier alpha value is -2.80. The van der Waals surface area contributed by atoms with E-state index in [-0.39, 0.29) is 5.92 Å². The second-order valence-electron chi connectivity index (χ2n) is 5.63. The molecule has 23 heavy (non-hydrogen) atoms. The van der Waals surface area contributed by atoms with Gasteiger partial charge in [0.25, 0.3) is 0 Å². The second-order valence-corrected chi connectivity index (χ2v) is 5.63. The van der Waals surface area contributed by atoms with Gasteiger partial charge in [-0.05, 0) is 11.1 Å². The Balaban J connectivity index is 2.15. The maximum atomic E-state index is 10.9. The lowest BCUT2D eigenvalue weighted by atomic mass is 9.86. The summed E-state index contributed by atoms with van der Waals surface area (Å²) >= 11 is 0. The Morgan fingerprint density at radius 2 is 1.09 bits per heavy atom. The molecule has 0 aliphatic heterocycles. The Labute approximate surface area is 137 Å². The van der Waals surface area contributed by atoms with Crippen LogP contribution in [0.4, 0.5) is 0 Å². The van der Waals surface area contributed by atoms with Crippen molar-refractivity contribution in [3.05, 3.63) is 108 Å². The van der Waals surface area contributed by atoms with Crippen LogP contribution in [0.3, 0.4) is 0 Å². The van der Waals surface area contributed by atoms with E-state index in [0.29, 0.717) is 5.76 Å². The minimum absolute atomic E-state index is 0.0961. The highest BCUT2D eigenvalue weighted by Gasteiger charge is 2.18.